The van der Waals surface area contributed by atoms with Crippen molar-refractivity contribution in [2.24, 2.45) is 5.73 Å². The van der Waals surface area contributed by atoms with E-state index in [1.807, 2.05) is 6.07 Å². The van der Waals surface area contributed by atoms with Gasteiger partial charge in [-0.2, -0.15) is 0 Å². The molecule has 0 spiro atoms. The Morgan fingerprint density at radius 3 is 2.10 bits per heavy atom. The van der Waals surface area contributed by atoms with Crippen LogP contribution in [0, 0.1) is 0 Å². The number of nitrogens with two attached hydrogens (primary N) is 1. The van der Waals surface area contributed by atoms with Crippen molar-refractivity contribution in [1.82, 2.24) is 5.32 Å². The third-order valence-electron chi connectivity index (χ3n) is 4.21. The number of amides is 1. The largest absolute Gasteiger partial charge is 0.480 e. The first kappa shape index (κ1) is 23.6. The van der Waals surface area contributed by atoms with Crippen molar-refractivity contribution < 1.29 is 33.8 Å². The van der Waals surface area contributed by atoms with Gasteiger partial charge in [0, 0.05) is 20.3 Å². The van der Waals surface area contributed by atoms with Crippen molar-refractivity contribution in [3.05, 3.63) is 59.7 Å². The average Bonchev–Trinajstić information content (AvgIpc) is 2.69. The zero-order chi connectivity index (χ0) is 23.0. The average molecular weight is 428 g/mol. The van der Waals surface area contributed by atoms with Gasteiger partial charge in [0.25, 0.3) is 0 Å². The second-order valence-electron chi connectivity index (χ2n) is 6.87. The molecule has 9 heteroatoms. The Balaban J connectivity index is 2.09. The van der Waals surface area contributed by atoms with Crippen LogP contribution in [0.1, 0.15) is 25.0 Å². The normalized spacial score (nSPS) is 12.4. The standard InChI is InChI=1S/C22H24N2O7/c1-13(25)30-19-9-8-16(12-20(19)31-14(2)26)10-17(23)21(27)24-18(22(28)29)11-15-6-4-3-5-7-15/h3-9,12,17-18H,10-11,23H2,1-2H3,(H,24,27)(H,28,29)/t17-,18?/m0/s1. The summed E-state index contributed by atoms with van der Waals surface area (Å²) in [5.74, 6) is -2.94. The molecule has 9 nitrogen and oxygen atoms in total. The van der Waals surface area contributed by atoms with Gasteiger partial charge in [0.05, 0.1) is 6.04 Å². The fraction of sp³-hybridized carbons (Fsp3) is 0.273. The molecule has 2 aromatic rings. The van der Waals surface area contributed by atoms with Crippen LogP contribution in [0.15, 0.2) is 48.5 Å². The minimum atomic E-state index is -1.17. The highest BCUT2D eigenvalue weighted by atomic mass is 16.6. The Labute approximate surface area is 179 Å². The van der Waals surface area contributed by atoms with Crippen LogP contribution in [0.4, 0.5) is 0 Å². The number of carbonyl (C=O) groups excluding carboxylic acids is 3. The molecule has 0 aliphatic heterocycles. The Bertz CT molecular complexity index is 960. The van der Waals surface area contributed by atoms with Crippen molar-refractivity contribution in [2.45, 2.75) is 38.8 Å². The maximum absolute atomic E-state index is 12.5. The van der Waals surface area contributed by atoms with Gasteiger partial charge in [-0.05, 0) is 29.7 Å². The monoisotopic (exact) mass is 428 g/mol. The molecule has 0 aliphatic carbocycles. The summed E-state index contributed by atoms with van der Waals surface area (Å²) in [4.78, 5) is 46.6. The number of ether oxygens (including phenoxy) is 2. The smallest absolute Gasteiger partial charge is 0.326 e. The highest BCUT2D eigenvalue weighted by Gasteiger charge is 2.24. The van der Waals surface area contributed by atoms with Crippen molar-refractivity contribution in [2.75, 3.05) is 0 Å². The molecular weight excluding hydrogens is 404 g/mol. The Kier molecular flexibility index (Phi) is 8.27. The molecular formula is C22H24N2O7. The molecule has 1 unspecified atom stereocenters. The maximum atomic E-state index is 12.5. The topological polar surface area (TPSA) is 145 Å². The maximum Gasteiger partial charge on any atom is 0.326 e. The van der Waals surface area contributed by atoms with E-state index < -0.39 is 35.9 Å². The van der Waals surface area contributed by atoms with E-state index in [0.717, 1.165) is 5.56 Å². The number of hydrogen-bond donors (Lipinski definition) is 3. The van der Waals surface area contributed by atoms with Gasteiger partial charge in [-0.15, -0.1) is 0 Å². The highest BCUT2D eigenvalue weighted by Crippen LogP contribution is 2.29. The first-order chi connectivity index (χ1) is 14.7. The number of hydrogen-bond acceptors (Lipinski definition) is 7. The van der Waals surface area contributed by atoms with E-state index >= 15 is 0 Å². The lowest BCUT2D eigenvalue weighted by molar-refractivity contribution is -0.142. The van der Waals surface area contributed by atoms with E-state index in [1.54, 1.807) is 30.3 Å². The molecule has 0 saturated heterocycles. The summed E-state index contributed by atoms with van der Waals surface area (Å²) >= 11 is 0. The number of rotatable bonds is 9. The van der Waals surface area contributed by atoms with Gasteiger partial charge in [-0.3, -0.25) is 14.4 Å². The number of aliphatic carboxylic acids is 1. The molecule has 1 amide bonds. The van der Waals surface area contributed by atoms with Crippen LogP contribution in [0.3, 0.4) is 0 Å². The summed E-state index contributed by atoms with van der Waals surface area (Å²) in [6.07, 6.45) is 0.153. The summed E-state index contributed by atoms with van der Waals surface area (Å²) in [7, 11) is 0. The van der Waals surface area contributed by atoms with Crippen LogP contribution in [0.5, 0.6) is 11.5 Å². The molecule has 0 saturated carbocycles. The van der Waals surface area contributed by atoms with E-state index in [9.17, 15) is 24.3 Å². The minimum absolute atomic E-state index is 0.0142. The molecule has 4 N–H and O–H groups in total. The highest BCUT2D eigenvalue weighted by molar-refractivity contribution is 5.87. The Hall–Kier alpha value is -3.72. The third kappa shape index (κ3) is 7.56. The van der Waals surface area contributed by atoms with Crippen LogP contribution in [-0.2, 0) is 32.0 Å². The van der Waals surface area contributed by atoms with Gasteiger partial charge < -0.3 is 25.6 Å². The van der Waals surface area contributed by atoms with E-state index in [-0.39, 0.29) is 24.3 Å². The first-order valence-corrected chi connectivity index (χ1v) is 9.48. The third-order valence-corrected chi connectivity index (χ3v) is 4.21. The van der Waals surface area contributed by atoms with Crippen molar-refractivity contribution >= 4 is 23.8 Å². The van der Waals surface area contributed by atoms with E-state index in [2.05, 4.69) is 5.32 Å². The molecule has 0 radical (unpaired) electrons. The van der Waals surface area contributed by atoms with Gasteiger partial charge in [0.15, 0.2) is 11.5 Å². The lowest BCUT2D eigenvalue weighted by Crippen LogP contribution is -2.50. The molecule has 0 aliphatic rings. The Morgan fingerprint density at radius 2 is 1.52 bits per heavy atom. The van der Waals surface area contributed by atoms with Gasteiger partial charge in [-0.1, -0.05) is 36.4 Å². The van der Waals surface area contributed by atoms with E-state index in [1.165, 1.54) is 26.0 Å². The van der Waals surface area contributed by atoms with Gasteiger partial charge in [0.1, 0.15) is 6.04 Å². The molecule has 0 fully saturated rings. The van der Waals surface area contributed by atoms with Crippen LogP contribution in [0.2, 0.25) is 0 Å². The predicted molar refractivity (Wildman–Crippen MR) is 110 cm³/mol. The predicted octanol–water partition coefficient (Wildman–Crippen LogP) is 1.22. The zero-order valence-corrected chi connectivity index (χ0v) is 17.2. The molecule has 31 heavy (non-hydrogen) atoms. The van der Waals surface area contributed by atoms with Crippen LogP contribution in [-0.4, -0.2) is 41.0 Å². The fourth-order valence-electron chi connectivity index (χ4n) is 2.83. The number of esters is 2. The molecule has 2 atom stereocenters. The lowest BCUT2D eigenvalue weighted by Gasteiger charge is -2.18. The second-order valence-corrected chi connectivity index (χ2v) is 6.87. The van der Waals surface area contributed by atoms with Crippen LogP contribution < -0.4 is 20.5 Å². The number of carboxylic acid groups (broad SMARTS) is 1. The molecule has 2 rings (SSSR count). The van der Waals surface area contributed by atoms with Crippen LogP contribution >= 0.6 is 0 Å². The Morgan fingerprint density at radius 1 is 0.903 bits per heavy atom. The molecule has 164 valence electrons. The molecule has 2 aromatic carbocycles. The van der Waals surface area contributed by atoms with Crippen molar-refractivity contribution in [1.29, 1.82) is 0 Å². The lowest BCUT2D eigenvalue weighted by atomic mass is 10.0. The second kappa shape index (κ2) is 10.9. The summed E-state index contributed by atoms with van der Waals surface area (Å²) in [6.45, 7) is 2.40. The van der Waals surface area contributed by atoms with Crippen molar-refractivity contribution in [3.63, 3.8) is 0 Å². The fourth-order valence-corrected chi connectivity index (χ4v) is 2.83. The number of nitrogens with one attached hydrogen (secondary N) is 1. The zero-order valence-electron chi connectivity index (χ0n) is 17.2. The molecule has 0 heterocycles. The molecule has 0 bridgehead atoms. The summed E-state index contributed by atoms with van der Waals surface area (Å²) in [5, 5.41) is 11.9. The summed E-state index contributed by atoms with van der Waals surface area (Å²) < 4.78 is 10.1. The number of benzene rings is 2. The minimum Gasteiger partial charge on any atom is -0.480 e. The van der Waals surface area contributed by atoms with Gasteiger partial charge in [0.2, 0.25) is 5.91 Å². The summed E-state index contributed by atoms with van der Waals surface area (Å²) in [6, 6.07) is 11.1. The SMILES string of the molecule is CC(=O)Oc1ccc(C[C@H](N)C(=O)NC(Cc2ccccc2)C(=O)O)cc1OC(C)=O. The molecule has 0 aromatic heterocycles. The van der Waals surface area contributed by atoms with E-state index in [4.69, 9.17) is 15.2 Å². The number of carboxylic acids is 1. The van der Waals surface area contributed by atoms with E-state index in [0.29, 0.717) is 5.56 Å². The quantitative estimate of drug-likeness (QED) is 0.399. The van der Waals surface area contributed by atoms with Gasteiger partial charge in [-0.25, -0.2) is 4.79 Å². The summed E-state index contributed by atoms with van der Waals surface area (Å²) in [5.41, 5.74) is 7.26. The first-order valence-electron chi connectivity index (χ1n) is 9.48. The van der Waals surface area contributed by atoms with Gasteiger partial charge >= 0.3 is 17.9 Å². The number of carbonyl (C=O) groups is 4. The van der Waals surface area contributed by atoms with Crippen LogP contribution in [0.25, 0.3) is 0 Å². The van der Waals surface area contributed by atoms with Crippen molar-refractivity contribution in [3.8, 4) is 11.5 Å².